The first kappa shape index (κ1) is 11.9. The highest BCUT2D eigenvalue weighted by Gasteiger charge is 2.31. The largest absolute Gasteiger partial charge is 0.480 e. The number of morpholine rings is 1. The molecule has 1 aliphatic heterocycles. The Kier molecular flexibility index (Phi) is 3.00. The van der Waals surface area contributed by atoms with Gasteiger partial charge >= 0.3 is 5.97 Å². The van der Waals surface area contributed by atoms with Crippen LogP contribution in [-0.4, -0.2) is 47.1 Å². The number of carbonyl (C=O) groups is 1. The van der Waals surface area contributed by atoms with Gasteiger partial charge in [-0.25, -0.2) is 4.79 Å². The van der Waals surface area contributed by atoms with E-state index in [1.165, 1.54) is 0 Å². The Morgan fingerprint density at radius 2 is 2.26 bits per heavy atom. The lowest BCUT2D eigenvalue weighted by Crippen LogP contribution is -2.50. The van der Waals surface area contributed by atoms with Crippen molar-refractivity contribution in [1.82, 2.24) is 10.2 Å². The zero-order valence-corrected chi connectivity index (χ0v) is 10.2. The minimum absolute atomic E-state index is 0.167. The van der Waals surface area contributed by atoms with Crippen LogP contribution in [0.25, 0.3) is 10.8 Å². The molecule has 3 rings (SSSR count). The van der Waals surface area contributed by atoms with Gasteiger partial charge in [0.2, 0.25) is 0 Å². The number of ether oxygens (including phenoxy) is 1. The second-order valence-corrected chi connectivity index (χ2v) is 4.38. The Morgan fingerprint density at radius 1 is 1.42 bits per heavy atom. The van der Waals surface area contributed by atoms with Gasteiger partial charge in [0.1, 0.15) is 0 Å². The molecule has 2 heterocycles. The van der Waals surface area contributed by atoms with Crippen LogP contribution in [0.4, 0.5) is 5.82 Å². The molecule has 1 unspecified atom stereocenters. The summed E-state index contributed by atoms with van der Waals surface area (Å²) in [4.78, 5) is 13.1. The lowest BCUT2D eigenvalue weighted by Gasteiger charge is -2.33. The zero-order chi connectivity index (χ0) is 13.2. The first-order valence-corrected chi connectivity index (χ1v) is 6.05. The van der Waals surface area contributed by atoms with Crippen molar-refractivity contribution in [2.75, 3.05) is 24.7 Å². The fraction of sp³-hybridized carbons (Fsp3) is 0.308. The summed E-state index contributed by atoms with van der Waals surface area (Å²) in [5, 5.41) is 19.2. The number of carboxylic acid groups (broad SMARTS) is 1. The summed E-state index contributed by atoms with van der Waals surface area (Å²) in [5.74, 6) is -0.303. The molecule has 0 bridgehead atoms. The van der Waals surface area contributed by atoms with Crippen molar-refractivity contribution in [3.05, 3.63) is 30.5 Å². The Balaban J connectivity index is 2.09. The molecule has 19 heavy (non-hydrogen) atoms. The molecule has 2 aromatic rings. The summed E-state index contributed by atoms with van der Waals surface area (Å²) in [6.07, 6.45) is 1.68. The SMILES string of the molecule is O=C(O)C1COCCN1c1nncc2ccccc12. The summed E-state index contributed by atoms with van der Waals surface area (Å²) < 4.78 is 5.24. The highest BCUT2D eigenvalue weighted by molar-refractivity contribution is 5.93. The standard InChI is InChI=1S/C13H13N3O3/c17-13(18)11-8-19-6-5-16(11)12-10-4-2-1-3-9(10)7-14-15-12/h1-4,7,11H,5-6,8H2,(H,17,18). The van der Waals surface area contributed by atoms with Crippen molar-refractivity contribution in [3.8, 4) is 0 Å². The molecule has 1 atom stereocenters. The average molecular weight is 259 g/mol. The number of benzene rings is 1. The zero-order valence-electron chi connectivity index (χ0n) is 10.2. The Hall–Kier alpha value is -2.21. The lowest BCUT2D eigenvalue weighted by atomic mass is 10.1. The maximum Gasteiger partial charge on any atom is 0.328 e. The molecule has 0 saturated carbocycles. The molecule has 1 fully saturated rings. The predicted octanol–water partition coefficient (Wildman–Crippen LogP) is 0.920. The predicted molar refractivity (Wildman–Crippen MR) is 69.1 cm³/mol. The van der Waals surface area contributed by atoms with Crippen LogP contribution >= 0.6 is 0 Å². The van der Waals surface area contributed by atoms with E-state index in [0.717, 1.165) is 10.8 Å². The van der Waals surface area contributed by atoms with Crippen LogP contribution in [0.2, 0.25) is 0 Å². The van der Waals surface area contributed by atoms with Crippen molar-refractivity contribution in [3.63, 3.8) is 0 Å². The molecular weight excluding hydrogens is 246 g/mol. The summed E-state index contributed by atoms with van der Waals surface area (Å²) in [6, 6.07) is 6.97. The summed E-state index contributed by atoms with van der Waals surface area (Å²) in [7, 11) is 0. The number of hydrogen-bond donors (Lipinski definition) is 1. The molecule has 6 nitrogen and oxygen atoms in total. The van der Waals surface area contributed by atoms with Gasteiger partial charge in [-0.2, -0.15) is 5.10 Å². The molecule has 1 aromatic carbocycles. The van der Waals surface area contributed by atoms with E-state index in [0.29, 0.717) is 19.0 Å². The highest BCUT2D eigenvalue weighted by atomic mass is 16.5. The van der Waals surface area contributed by atoms with Crippen LogP contribution in [0, 0.1) is 0 Å². The number of nitrogens with zero attached hydrogens (tertiary/aromatic N) is 3. The van der Waals surface area contributed by atoms with Crippen molar-refractivity contribution < 1.29 is 14.6 Å². The molecule has 6 heteroatoms. The third-order valence-corrected chi connectivity index (χ3v) is 3.24. The summed E-state index contributed by atoms with van der Waals surface area (Å²) in [6.45, 7) is 1.16. The van der Waals surface area contributed by atoms with Crippen molar-refractivity contribution in [2.24, 2.45) is 0 Å². The van der Waals surface area contributed by atoms with Gasteiger partial charge in [0.05, 0.1) is 19.4 Å². The Bertz CT molecular complexity index is 612. The van der Waals surface area contributed by atoms with Gasteiger partial charge in [-0.3, -0.25) is 0 Å². The van der Waals surface area contributed by atoms with Crippen LogP contribution < -0.4 is 4.90 Å². The van der Waals surface area contributed by atoms with Gasteiger partial charge in [-0.1, -0.05) is 24.3 Å². The molecule has 0 spiro atoms. The quantitative estimate of drug-likeness (QED) is 0.864. The van der Waals surface area contributed by atoms with E-state index in [9.17, 15) is 9.90 Å². The van der Waals surface area contributed by atoms with Crippen molar-refractivity contribution in [1.29, 1.82) is 0 Å². The fourth-order valence-corrected chi connectivity index (χ4v) is 2.29. The molecule has 0 aliphatic carbocycles. The smallest absolute Gasteiger partial charge is 0.328 e. The van der Waals surface area contributed by atoms with E-state index in [-0.39, 0.29) is 6.61 Å². The first-order chi connectivity index (χ1) is 9.27. The highest BCUT2D eigenvalue weighted by Crippen LogP contribution is 2.25. The number of carboxylic acids is 1. The maximum absolute atomic E-state index is 11.3. The van der Waals surface area contributed by atoms with E-state index in [2.05, 4.69) is 10.2 Å². The van der Waals surface area contributed by atoms with Crippen LogP contribution in [0.15, 0.2) is 30.5 Å². The molecule has 1 N–H and O–H groups in total. The first-order valence-electron chi connectivity index (χ1n) is 6.05. The second kappa shape index (κ2) is 4.81. The fourth-order valence-electron chi connectivity index (χ4n) is 2.29. The molecule has 1 saturated heterocycles. The van der Waals surface area contributed by atoms with Crippen molar-refractivity contribution in [2.45, 2.75) is 6.04 Å². The van der Waals surface area contributed by atoms with Crippen molar-refractivity contribution >= 4 is 22.6 Å². The van der Waals surface area contributed by atoms with Crippen LogP contribution in [0.1, 0.15) is 0 Å². The van der Waals surface area contributed by atoms with E-state index in [1.807, 2.05) is 24.3 Å². The van der Waals surface area contributed by atoms with E-state index >= 15 is 0 Å². The molecule has 98 valence electrons. The Labute approximate surface area is 109 Å². The third-order valence-electron chi connectivity index (χ3n) is 3.24. The topological polar surface area (TPSA) is 75.6 Å². The number of fused-ring (bicyclic) bond motifs is 1. The molecular formula is C13H13N3O3. The second-order valence-electron chi connectivity index (χ2n) is 4.38. The van der Waals surface area contributed by atoms with Gasteiger partial charge in [-0.15, -0.1) is 5.10 Å². The van der Waals surface area contributed by atoms with Gasteiger partial charge in [0.25, 0.3) is 0 Å². The number of anilines is 1. The van der Waals surface area contributed by atoms with Crippen LogP contribution in [0.3, 0.4) is 0 Å². The van der Waals surface area contributed by atoms with Crippen LogP contribution in [-0.2, 0) is 9.53 Å². The number of aliphatic carboxylic acids is 1. The third kappa shape index (κ3) is 2.10. The number of aromatic nitrogens is 2. The average Bonchev–Trinajstić information content (AvgIpc) is 2.46. The normalized spacial score (nSPS) is 19.6. The van der Waals surface area contributed by atoms with E-state index in [1.54, 1.807) is 11.1 Å². The lowest BCUT2D eigenvalue weighted by molar-refractivity contribution is -0.141. The molecule has 0 amide bonds. The van der Waals surface area contributed by atoms with Gasteiger partial charge in [0.15, 0.2) is 11.9 Å². The van der Waals surface area contributed by atoms with E-state index < -0.39 is 12.0 Å². The number of hydrogen-bond acceptors (Lipinski definition) is 5. The van der Waals surface area contributed by atoms with Gasteiger partial charge in [-0.05, 0) is 0 Å². The maximum atomic E-state index is 11.3. The van der Waals surface area contributed by atoms with Crippen LogP contribution in [0.5, 0.6) is 0 Å². The number of rotatable bonds is 2. The summed E-state index contributed by atoms with van der Waals surface area (Å²) >= 11 is 0. The molecule has 1 aromatic heterocycles. The van der Waals surface area contributed by atoms with Gasteiger partial charge < -0.3 is 14.7 Å². The minimum atomic E-state index is -0.908. The minimum Gasteiger partial charge on any atom is -0.480 e. The van der Waals surface area contributed by atoms with Gasteiger partial charge in [0, 0.05) is 17.3 Å². The summed E-state index contributed by atoms with van der Waals surface area (Å²) in [5.41, 5.74) is 0. The molecule has 1 aliphatic rings. The monoisotopic (exact) mass is 259 g/mol. The Morgan fingerprint density at radius 3 is 3.11 bits per heavy atom. The van der Waals surface area contributed by atoms with E-state index in [4.69, 9.17) is 4.74 Å². The molecule has 0 radical (unpaired) electrons.